The minimum Gasteiger partial charge on any atom is -0.0654 e. The van der Waals surface area contributed by atoms with Gasteiger partial charge in [0.05, 0.1) is 0 Å². The number of benzene rings is 6. The Morgan fingerprint density at radius 3 is 0.632 bits per heavy atom. The molecule has 0 bridgehead atoms. The van der Waals surface area contributed by atoms with Crippen LogP contribution in [0.5, 0.6) is 0 Å². The van der Waals surface area contributed by atoms with Crippen molar-refractivity contribution >= 4 is 45.2 Å². The monoisotopic (exact) mass is 1380 g/mol. The molecule has 2 atom stereocenters. The molecule has 0 saturated carbocycles. The molecule has 87 heavy (non-hydrogen) atoms. The van der Waals surface area contributed by atoms with Gasteiger partial charge in [0.2, 0.25) is 0 Å². The molecule has 6 aromatic rings. The Hall–Kier alpha value is -4.10. The van der Waals surface area contributed by atoms with E-state index in [-0.39, 0.29) is 0 Å². The summed E-state index contributed by atoms with van der Waals surface area (Å²) in [5.41, 5.74) is 21.7. The molecule has 0 amide bonds. The number of hydrogen-bond acceptors (Lipinski definition) is 0. The van der Waals surface area contributed by atoms with Gasteiger partial charge in [-0.2, -0.15) is 0 Å². The molecule has 3 aliphatic carbocycles. The number of hydrogen-bond donors (Lipinski definition) is 0. The Morgan fingerprint density at radius 2 is 0.414 bits per heavy atom. The van der Waals surface area contributed by atoms with Gasteiger partial charge in [0, 0.05) is 47.1 Å². The van der Waals surface area contributed by atoms with Crippen molar-refractivity contribution < 1.29 is 0 Å². The molecule has 2 heteroatoms. The summed E-state index contributed by atoms with van der Waals surface area (Å²) in [4.78, 5) is 0. The highest BCUT2D eigenvalue weighted by molar-refractivity contribution is 14.1. The molecule has 2 unspecified atom stereocenters. The highest BCUT2D eigenvalue weighted by Gasteiger charge is 2.31. The summed E-state index contributed by atoms with van der Waals surface area (Å²) in [7, 11) is 0. The third-order valence-corrected chi connectivity index (χ3v) is 21.5. The van der Waals surface area contributed by atoms with Gasteiger partial charge in [-0.15, -0.1) is 0 Å². The van der Waals surface area contributed by atoms with Crippen LogP contribution in [0.2, 0.25) is 0 Å². The molecule has 0 N–H and O–H groups in total. The summed E-state index contributed by atoms with van der Waals surface area (Å²) in [6.45, 7) is 6.93. The summed E-state index contributed by atoms with van der Waals surface area (Å²) in [5.74, 6) is 16.1. The van der Waals surface area contributed by atoms with Gasteiger partial charge in [-0.05, 0) is 204 Å². The zero-order valence-electron chi connectivity index (χ0n) is 54.5. The van der Waals surface area contributed by atoms with Gasteiger partial charge >= 0.3 is 0 Å². The zero-order chi connectivity index (χ0) is 60.3. The van der Waals surface area contributed by atoms with E-state index in [0.29, 0.717) is 17.8 Å². The molecule has 0 saturated heterocycles. The Kier molecular flexibility index (Phi) is 28.8. The van der Waals surface area contributed by atoms with Crippen molar-refractivity contribution in [2.45, 2.75) is 289 Å². The molecule has 0 fully saturated rings. The zero-order valence-corrected chi connectivity index (χ0v) is 58.8. The molecule has 0 spiro atoms. The van der Waals surface area contributed by atoms with Gasteiger partial charge in [-0.3, -0.25) is 0 Å². The van der Waals surface area contributed by atoms with Gasteiger partial charge in [-0.25, -0.2) is 0 Å². The normalized spacial score (nSPS) is 14.8. The minimum atomic E-state index is 0.409. The highest BCUT2D eigenvalue weighted by atomic mass is 127. The maximum atomic E-state index is 3.69. The topological polar surface area (TPSA) is 0 Å². The van der Waals surface area contributed by atoms with E-state index in [0.717, 1.165) is 22.3 Å². The summed E-state index contributed by atoms with van der Waals surface area (Å²) in [6.07, 6.45) is 53.6. The summed E-state index contributed by atoms with van der Waals surface area (Å²) >= 11 is 5.00. The van der Waals surface area contributed by atoms with E-state index in [4.69, 9.17) is 0 Å². The lowest BCUT2D eigenvalue weighted by Gasteiger charge is -2.14. The van der Waals surface area contributed by atoms with Crippen LogP contribution in [0, 0.1) is 30.8 Å². The Labute approximate surface area is 558 Å². The average Bonchev–Trinajstić information content (AvgIpc) is 1.88. The number of fused-ring (bicyclic) bond motifs is 9. The molecular formula is C85H108I2. The van der Waals surface area contributed by atoms with Crippen molar-refractivity contribution in [3.8, 4) is 57.1 Å². The lowest BCUT2D eigenvalue weighted by molar-refractivity contribution is 0.534. The SMILES string of the molecule is CCCCCCCCCCCCCCC1c2ccc(I)cc2-c2cc(C#Cc3ccc4c(c3)-c3cc(C#Cc5ccc6c(c5)-c5cc(I)ccc5C6CCCCCCCCCCCCCC)ccc3C4CCCCCCCCCCCCCC)ccc21. The Morgan fingerprint density at radius 1 is 0.230 bits per heavy atom. The van der Waals surface area contributed by atoms with Crippen molar-refractivity contribution in [3.05, 3.63) is 172 Å². The standard InChI is InChI=1S/C85H108I2/c1-4-7-10-13-16-19-22-25-28-31-34-37-40-71-74-53-47-65(43-45-67-49-55-76-72(78-57-51-69(86)63-84(78)82(76)61-67)41-38-35-32-29-26-23-20-17-14-11-8-5-2)59-80(74)81-60-66(48-54-75(71)81)44-46-68-50-56-77-73(79-58-52-70(87)64-85(79)83(77)62-68)42-39-36-33-30-27-24-21-18-15-12-9-6-3/h47-64,71-73H,4-42H2,1-3H3. The van der Waals surface area contributed by atoms with E-state index in [9.17, 15) is 0 Å². The van der Waals surface area contributed by atoms with Crippen molar-refractivity contribution in [3.63, 3.8) is 0 Å². The second kappa shape index (κ2) is 37.3. The predicted octanol–water partition coefficient (Wildman–Crippen LogP) is 27.3. The molecule has 6 aromatic carbocycles. The van der Waals surface area contributed by atoms with Gasteiger partial charge in [0.25, 0.3) is 0 Å². The first-order valence-corrected chi connectivity index (χ1v) is 38.3. The van der Waals surface area contributed by atoms with E-state index < -0.39 is 0 Å². The molecular weight excluding hydrogens is 1270 g/mol. The molecule has 3 aliphatic rings. The van der Waals surface area contributed by atoms with Crippen LogP contribution in [0.1, 0.15) is 345 Å². The molecule has 0 nitrogen and oxygen atoms in total. The summed E-state index contributed by atoms with van der Waals surface area (Å²) in [5, 5.41) is 0. The Bertz CT molecular complexity index is 3000. The van der Waals surface area contributed by atoms with Gasteiger partial charge in [0.1, 0.15) is 0 Å². The lowest BCUT2D eigenvalue weighted by Crippen LogP contribution is -1.97. The fraction of sp³-hybridized carbons (Fsp3) is 0.529. The van der Waals surface area contributed by atoms with Crippen LogP contribution in [-0.2, 0) is 0 Å². The first-order valence-electron chi connectivity index (χ1n) is 36.1. The van der Waals surface area contributed by atoms with E-state index in [1.807, 2.05) is 0 Å². The predicted molar refractivity (Wildman–Crippen MR) is 396 cm³/mol. The number of rotatable bonds is 39. The summed E-state index contributed by atoms with van der Waals surface area (Å²) in [6, 6.07) is 42.8. The van der Waals surface area contributed by atoms with Crippen LogP contribution in [0.25, 0.3) is 33.4 Å². The van der Waals surface area contributed by atoms with E-state index >= 15 is 0 Å². The molecule has 0 aliphatic heterocycles. The molecule has 462 valence electrons. The third-order valence-electron chi connectivity index (χ3n) is 20.1. The quantitative estimate of drug-likeness (QED) is 0.0205. The second-order valence-electron chi connectivity index (χ2n) is 26.9. The lowest BCUT2D eigenvalue weighted by atomic mass is 9.90. The first kappa shape index (κ1) is 67.3. The van der Waals surface area contributed by atoms with Crippen LogP contribution in [-0.4, -0.2) is 0 Å². The second-order valence-corrected chi connectivity index (χ2v) is 29.4. The maximum Gasteiger partial charge on any atom is 0.0255 e. The fourth-order valence-electron chi connectivity index (χ4n) is 15.1. The maximum absolute atomic E-state index is 3.69. The van der Waals surface area contributed by atoms with Crippen molar-refractivity contribution in [2.75, 3.05) is 0 Å². The van der Waals surface area contributed by atoms with Crippen LogP contribution in [0.15, 0.2) is 109 Å². The van der Waals surface area contributed by atoms with E-state index in [2.05, 4.69) is 199 Å². The van der Waals surface area contributed by atoms with Gasteiger partial charge < -0.3 is 0 Å². The van der Waals surface area contributed by atoms with Crippen LogP contribution in [0.3, 0.4) is 0 Å². The van der Waals surface area contributed by atoms with E-state index in [1.165, 1.54) is 324 Å². The van der Waals surface area contributed by atoms with Crippen molar-refractivity contribution in [1.82, 2.24) is 0 Å². The molecule has 9 rings (SSSR count). The molecule has 0 radical (unpaired) electrons. The largest absolute Gasteiger partial charge is 0.0654 e. The van der Waals surface area contributed by atoms with Crippen molar-refractivity contribution in [2.24, 2.45) is 0 Å². The van der Waals surface area contributed by atoms with Crippen LogP contribution in [0.4, 0.5) is 0 Å². The molecule has 0 heterocycles. The first-order chi connectivity index (χ1) is 42.9. The minimum absolute atomic E-state index is 0.409. The van der Waals surface area contributed by atoms with Crippen molar-refractivity contribution in [1.29, 1.82) is 0 Å². The Balaban J connectivity index is 0.869. The van der Waals surface area contributed by atoms with Crippen LogP contribution < -0.4 is 0 Å². The molecule has 0 aromatic heterocycles. The van der Waals surface area contributed by atoms with E-state index in [1.54, 1.807) is 0 Å². The number of unbranched alkanes of at least 4 members (excludes halogenated alkanes) is 33. The van der Waals surface area contributed by atoms with Gasteiger partial charge in [0.15, 0.2) is 0 Å². The third kappa shape index (κ3) is 19.9. The summed E-state index contributed by atoms with van der Waals surface area (Å²) < 4.78 is 2.61. The smallest absolute Gasteiger partial charge is 0.0255 e. The highest BCUT2D eigenvalue weighted by Crippen LogP contribution is 2.51. The fourth-order valence-corrected chi connectivity index (χ4v) is 16.1. The number of halogens is 2. The van der Waals surface area contributed by atoms with Crippen LogP contribution >= 0.6 is 45.2 Å². The average molecular weight is 1380 g/mol. The van der Waals surface area contributed by atoms with Gasteiger partial charge in [-0.1, -0.05) is 312 Å².